The molecule has 2 aromatic carbocycles. The summed E-state index contributed by atoms with van der Waals surface area (Å²) < 4.78 is 5.65. The lowest BCUT2D eigenvalue weighted by atomic mass is 10.1. The zero-order chi connectivity index (χ0) is 22.9. The first-order valence-electron chi connectivity index (χ1n) is 11.3. The second kappa shape index (κ2) is 13.4. The molecule has 0 aromatic heterocycles. The lowest BCUT2D eigenvalue weighted by Gasteiger charge is -2.17. The maximum atomic E-state index is 11.9. The van der Waals surface area contributed by atoms with Gasteiger partial charge in [-0.25, -0.2) is 4.99 Å². The van der Waals surface area contributed by atoms with Crippen LogP contribution in [0.3, 0.4) is 0 Å². The number of carbonyl (C=O) groups is 1. The van der Waals surface area contributed by atoms with Crippen LogP contribution in [0.25, 0.3) is 0 Å². The number of guanidine groups is 1. The topological polar surface area (TPSA) is 86.2 Å². The monoisotopic (exact) mass is 566 g/mol. The number of halogens is 1. The fourth-order valence-electron chi connectivity index (χ4n) is 3.57. The van der Waals surface area contributed by atoms with E-state index in [2.05, 4.69) is 15.6 Å². The van der Waals surface area contributed by atoms with Crippen molar-refractivity contribution >= 4 is 41.5 Å². The van der Waals surface area contributed by atoms with Gasteiger partial charge < -0.3 is 25.4 Å². The van der Waals surface area contributed by atoms with Crippen LogP contribution < -0.4 is 20.3 Å². The number of nitrogens with zero attached hydrogens (tertiary/aromatic N) is 2. The number of aliphatic hydroxyl groups is 1. The van der Waals surface area contributed by atoms with Crippen LogP contribution in [0.5, 0.6) is 5.75 Å². The predicted octanol–water partition coefficient (Wildman–Crippen LogP) is 4.01. The van der Waals surface area contributed by atoms with Crippen LogP contribution in [0.1, 0.15) is 50.8 Å². The molecule has 180 valence electrons. The summed E-state index contributed by atoms with van der Waals surface area (Å²) in [5.41, 5.74) is 2.81. The van der Waals surface area contributed by atoms with Gasteiger partial charge in [0.25, 0.3) is 0 Å². The van der Waals surface area contributed by atoms with E-state index in [0.29, 0.717) is 25.5 Å². The number of anilines is 1. The summed E-state index contributed by atoms with van der Waals surface area (Å²) in [4.78, 5) is 18.4. The molecule has 0 saturated carbocycles. The Morgan fingerprint density at radius 2 is 1.82 bits per heavy atom. The molecule has 2 aromatic rings. The van der Waals surface area contributed by atoms with Crippen molar-refractivity contribution in [2.75, 3.05) is 24.5 Å². The third-order valence-corrected chi connectivity index (χ3v) is 5.18. The van der Waals surface area contributed by atoms with Crippen molar-refractivity contribution in [3.05, 3.63) is 59.7 Å². The Hall–Kier alpha value is -2.33. The van der Waals surface area contributed by atoms with Crippen LogP contribution >= 0.6 is 24.0 Å². The highest BCUT2D eigenvalue weighted by molar-refractivity contribution is 14.0. The van der Waals surface area contributed by atoms with Crippen molar-refractivity contribution in [1.29, 1.82) is 0 Å². The number of benzene rings is 2. The molecule has 3 rings (SSSR count). The number of hydrogen-bond donors (Lipinski definition) is 3. The Morgan fingerprint density at radius 3 is 2.39 bits per heavy atom. The van der Waals surface area contributed by atoms with Crippen molar-refractivity contribution in [3.63, 3.8) is 0 Å². The van der Waals surface area contributed by atoms with E-state index >= 15 is 0 Å². The molecular formula is C25H35IN4O3. The molecule has 0 radical (unpaired) electrons. The molecule has 8 heteroatoms. The molecule has 3 N–H and O–H groups in total. The second-order valence-electron chi connectivity index (χ2n) is 8.14. The molecule has 0 spiro atoms. The molecule has 7 nitrogen and oxygen atoms in total. The van der Waals surface area contributed by atoms with Gasteiger partial charge in [-0.15, -0.1) is 24.0 Å². The molecule has 1 unspecified atom stereocenters. The first-order valence-corrected chi connectivity index (χ1v) is 11.3. The van der Waals surface area contributed by atoms with Crippen molar-refractivity contribution < 1.29 is 14.6 Å². The third-order valence-electron chi connectivity index (χ3n) is 5.18. The van der Waals surface area contributed by atoms with Gasteiger partial charge in [0.2, 0.25) is 5.91 Å². The number of ether oxygens (including phenoxy) is 1. The number of carbonyl (C=O) groups excluding carboxylic acids is 1. The number of amides is 1. The fourth-order valence-corrected chi connectivity index (χ4v) is 3.57. The number of aliphatic imine (C=N–C) groups is 1. The van der Waals surface area contributed by atoms with E-state index in [1.54, 1.807) is 0 Å². The fraction of sp³-hybridized carbons (Fsp3) is 0.440. The summed E-state index contributed by atoms with van der Waals surface area (Å²) in [6.07, 6.45) is 1.00. The molecule has 1 aliphatic heterocycles. The standard InChI is InChI=1S/C25H34N4O3.HI/c1-4-26-25(28-17-23(30)20-9-13-22(14-10-20)32-18(2)3)27-16-19-7-11-21(12-8-19)29-15-5-6-24(29)31;/h7-14,18,23,30H,4-6,15-17H2,1-3H3,(H2,26,27,28);1H. The Bertz CT molecular complexity index is 901. The van der Waals surface area contributed by atoms with Gasteiger partial charge in [0.1, 0.15) is 5.75 Å². The smallest absolute Gasteiger partial charge is 0.227 e. The van der Waals surface area contributed by atoms with E-state index in [1.165, 1.54) is 0 Å². The highest BCUT2D eigenvalue weighted by atomic mass is 127. The molecule has 1 fully saturated rings. The molecule has 1 saturated heterocycles. The average Bonchev–Trinajstić information content (AvgIpc) is 3.21. The molecule has 1 heterocycles. The van der Waals surface area contributed by atoms with Gasteiger partial charge in [0, 0.05) is 31.7 Å². The Kier molecular flexibility index (Phi) is 10.9. The summed E-state index contributed by atoms with van der Waals surface area (Å²) in [7, 11) is 0. The van der Waals surface area contributed by atoms with Crippen molar-refractivity contribution in [3.8, 4) is 5.75 Å². The number of hydrogen-bond acceptors (Lipinski definition) is 4. The van der Waals surface area contributed by atoms with Crippen LogP contribution in [-0.4, -0.2) is 42.7 Å². The van der Waals surface area contributed by atoms with Gasteiger partial charge in [0.05, 0.1) is 18.8 Å². The van der Waals surface area contributed by atoms with Crippen LogP contribution in [0.2, 0.25) is 0 Å². The molecule has 0 aliphatic carbocycles. The number of nitrogens with one attached hydrogen (secondary N) is 2. The quantitative estimate of drug-likeness (QED) is 0.243. The third kappa shape index (κ3) is 8.19. The minimum atomic E-state index is -0.663. The SMILES string of the molecule is CCNC(=NCc1ccc(N2CCCC2=O)cc1)NCC(O)c1ccc(OC(C)C)cc1.I. The lowest BCUT2D eigenvalue weighted by molar-refractivity contribution is -0.117. The average molecular weight is 566 g/mol. The minimum Gasteiger partial charge on any atom is -0.491 e. The van der Waals surface area contributed by atoms with Crippen molar-refractivity contribution in [2.45, 2.75) is 52.4 Å². The first-order chi connectivity index (χ1) is 15.5. The summed E-state index contributed by atoms with van der Waals surface area (Å²) in [6, 6.07) is 15.5. The molecule has 1 atom stereocenters. The maximum Gasteiger partial charge on any atom is 0.227 e. The van der Waals surface area contributed by atoms with Gasteiger partial charge in [-0.1, -0.05) is 24.3 Å². The van der Waals surface area contributed by atoms with Gasteiger partial charge >= 0.3 is 0 Å². The first kappa shape index (κ1) is 26.9. The molecule has 0 bridgehead atoms. The van der Waals surface area contributed by atoms with Crippen molar-refractivity contribution in [2.24, 2.45) is 4.99 Å². The van der Waals surface area contributed by atoms with Crippen LogP contribution in [0.4, 0.5) is 5.69 Å². The normalized spacial score (nSPS) is 14.8. The largest absolute Gasteiger partial charge is 0.491 e. The zero-order valence-corrected chi connectivity index (χ0v) is 21.9. The van der Waals surface area contributed by atoms with Crippen LogP contribution in [-0.2, 0) is 11.3 Å². The lowest BCUT2D eigenvalue weighted by Crippen LogP contribution is -2.39. The van der Waals surface area contributed by atoms with Crippen LogP contribution in [0, 0.1) is 0 Å². The summed E-state index contributed by atoms with van der Waals surface area (Å²) in [6.45, 7) is 8.32. The van der Waals surface area contributed by atoms with Gasteiger partial charge in [-0.05, 0) is 62.6 Å². The van der Waals surface area contributed by atoms with E-state index in [1.807, 2.05) is 74.2 Å². The number of aliphatic hydroxyl groups excluding tert-OH is 1. The predicted molar refractivity (Wildman–Crippen MR) is 143 cm³/mol. The van der Waals surface area contributed by atoms with E-state index < -0.39 is 6.10 Å². The van der Waals surface area contributed by atoms with Gasteiger partial charge in [0.15, 0.2) is 5.96 Å². The minimum absolute atomic E-state index is 0. The van der Waals surface area contributed by atoms with E-state index in [4.69, 9.17) is 4.74 Å². The molecule has 1 amide bonds. The second-order valence-corrected chi connectivity index (χ2v) is 8.14. The van der Waals surface area contributed by atoms with E-state index in [0.717, 1.165) is 42.1 Å². The van der Waals surface area contributed by atoms with Gasteiger partial charge in [-0.3, -0.25) is 4.79 Å². The van der Waals surface area contributed by atoms with Gasteiger partial charge in [-0.2, -0.15) is 0 Å². The summed E-state index contributed by atoms with van der Waals surface area (Å²) in [5.74, 6) is 1.62. The summed E-state index contributed by atoms with van der Waals surface area (Å²) in [5, 5.41) is 16.9. The molecule has 33 heavy (non-hydrogen) atoms. The van der Waals surface area contributed by atoms with E-state index in [9.17, 15) is 9.90 Å². The Morgan fingerprint density at radius 1 is 1.12 bits per heavy atom. The molecular weight excluding hydrogens is 531 g/mol. The Balaban J connectivity index is 0.00000385. The maximum absolute atomic E-state index is 11.9. The van der Waals surface area contributed by atoms with Crippen LogP contribution in [0.15, 0.2) is 53.5 Å². The highest BCUT2D eigenvalue weighted by Gasteiger charge is 2.21. The van der Waals surface area contributed by atoms with Crippen molar-refractivity contribution in [1.82, 2.24) is 10.6 Å². The highest BCUT2D eigenvalue weighted by Crippen LogP contribution is 2.22. The summed E-state index contributed by atoms with van der Waals surface area (Å²) >= 11 is 0. The Labute approximate surface area is 213 Å². The van der Waals surface area contributed by atoms with E-state index in [-0.39, 0.29) is 36.0 Å². The number of rotatable bonds is 9. The molecule has 1 aliphatic rings. The zero-order valence-electron chi connectivity index (χ0n) is 19.6.